The van der Waals surface area contributed by atoms with E-state index in [2.05, 4.69) is 88.0 Å². The third-order valence-corrected chi connectivity index (χ3v) is 14.9. The van der Waals surface area contributed by atoms with Gasteiger partial charge in [-0.2, -0.15) is 21.0 Å². The molecule has 12 heteroatoms. The number of nitriles is 4. The Morgan fingerprint density at radius 1 is 0.316 bits per heavy atom. The molecule has 0 spiro atoms. The molecule has 0 unspecified atom stereocenters. The number of phenols is 4. The van der Waals surface area contributed by atoms with Crippen molar-refractivity contribution in [2.75, 3.05) is 0 Å². The summed E-state index contributed by atoms with van der Waals surface area (Å²) in [6.45, 7) is 0. The summed E-state index contributed by atoms with van der Waals surface area (Å²) in [5, 5.41) is 93.0. The Bertz CT molecular complexity index is 3390. The monoisotopic (exact) mass is 1240 g/mol. The Morgan fingerprint density at radius 3 is 0.658 bits per heavy atom. The molecule has 1 aliphatic carbocycles. The SMILES string of the molecule is N#C/C(=C\c1cccc(Br)c1)c1cc2c(O)c(c1)Cc1cc(/C(C#N)=C/c3cccc(Br)c3)cc(c1O)Cc1cc(/C(C#N)=C/c3cccc(Br)c3)cc(c1O)Cc1cc(/C(C#N)=C/c3cccc(Br)c3)cc(c1O)C2. The van der Waals surface area contributed by atoms with Gasteiger partial charge in [-0.1, -0.05) is 112 Å². The summed E-state index contributed by atoms with van der Waals surface area (Å²) in [5.74, 6) is -0.621. The lowest BCUT2D eigenvalue weighted by molar-refractivity contribution is 0.450. The third-order valence-electron chi connectivity index (χ3n) is 13.0. The number of benzene rings is 8. The number of aromatic hydroxyl groups is 4. The Morgan fingerprint density at radius 2 is 0.500 bits per heavy atom. The predicted molar refractivity (Wildman–Crippen MR) is 314 cm³/mol. The van der Waals surface area contributed by atoms with Gasteiger partial charge in [0.1, 0.15) is 23.0 Å². The van der Waals surface area contributed by atoms with E-state index in [1.165, 1.54) is 0 Å². The lowest BCUT2D eigenvalue weighted by Crippen LogP contribution is -2.04. The molecule has 0 aliphatic heterocycles. The molecule has 9 rings (SSSR count). The number of allylic oxidation sites excluding steroid dienone is 4. The molecule has 4 N–H and O–H groups in total. The van der Waals surface area contributed by atoms with Crippen molar-refractivity contribution < 1.29 is 20.4 Å². The van der Waals surface area contributed by atoms with E-state index in [4.69, 9.17) is 0 Å². The van der Waals surface area contributed by atoms with Crippen molar-refractivity contribution in [1.82, 2.24) is 0 Å². The summed E-state index contributed by atoms with van der Waals surface area (Å²) < 4.78 is 3.24. The van der Waals surface area contributed by atoms with Crippen LogP contribution in [0.1, 0.15) is 89.0 Å². The Hall–Kier alpha value is -8.20. The van der Waals surface area contributed by atoms with Gasteiger partial charge < -0.3 is 20.4 Å². The number of halogens is 4. The van der Waals surface area contributed by atoms with E-state index in [0.717, 1.165) is 40.1 Å². The molecule has 0 atom stereocenters. The number of rotatable bonds is 8. The first-order chi connectivity index (χ1) is 36.7. The summed E-state index contributed by atoms with van der Waals surface area (Å²) in [5.41, 5.74) is 8.49. The summed E-state index contributed by atoms with van der Waals surface area (Å²) in [4.78, 5) is 0. The molecule has 0 aromatic heterocycles. The van der Waals surface area contributed by atoms with Crippen LogP contribution in [0.3, 0.4) is 0 Å². The van der Waals surface area contributed by atoms with Gasteiger partial charge in [-0.15, -0.1) is 0 Å². The van der Waals surface area contributed by atoms with Gasteiger partial charge in [-0.25, -0.2) is 0 Å². The molecular weight excluding hydrogens is 1210 g/mol. The molecule has 0 saturated carbocycles. The summed E-state index contributed by atoms with van der Waals surface area (Å²) >= 11 is 14.1. The summed E-state index contributed by atoms with van der Waals surface area (Å²) in [6, 6.07) is 52.8. The maximum atomic E-state index is 12.5. The van der Waals surface area contributed by atoms with Gasteiger partial charge in [0.15, 0.2) is 0 Å². The average Bonchev–Trinajstić information content (AvgIpc) is 3.42. The Kier molecular flexibility index (Phi) is 16.0. The standard InChI is InChI=1S/C64H40Br4N4O4/c65-57-9-1-5-37(17-57)13-53(33-69)41-21-45-29-47-23-42(54(34-70)14-38-6-2-10-58(66)18-38)25-49(62(47)74)31-51-27-44(56(36-72)16-40-8-4-12-60(68)20-40)28-52(64(51)76)32-50-26-43(24-48(63(50)75)30-46(22-41)61(45)73)55(35-71)15-39-7-3-11-59(67)19-39/h1-28,73-76H,29-32H2/b53-13+,54-14+,55-15+,56-16+. The van der Waals surface area contributed by atoms with Crippen LogP contribution in [-0.4, -0.2) is 20.4 Å². The number of phenolic OH excluding ortho intramolecular Hbond substituents is 4. The van der Waals surface area contributed by atoms with Crippen LogP contribution in [-0.2, 0) is 25.7 Å². The van der Waals surface area contributed by atoms with Gasteiger partial charge in [-0.3, -0.25) is 0 Å². The minimum atomic E-state index is -0.155. The first kappa shape index (κ1) is 52.7. The molecule has 0 amide bonds. The second-order valence-corrected chi connectivity index (χ2v) is 21.8. The fraction of sp³-hybridized carbons (Fsp3) is 0.0625. The van der Waals surface area contributed by atoms with Gasteiger partial charge >= 0.3 is 0 Å². The topological polar surface area (TPSA) is 176 Å². The highest BCUT2D eigenvalue weighted by Crippen LogP contribution is 2.42. The molecule has 8 bridgehead atoms. The molecule has 1 aliphatic rings. The fourth-order valence-electron chi connectivity index (χ4n) is 9.33. The number of fused-ring (bicyclic) bond motifs is 8. The highest BCUT2D eigenvalue weighted by Gasteiger charge is 2.24. The van der Waals surface area contributed by atoms with Crippen LogP contribution < -0.4 is 0 Å². The largest absolute Gasteiger partial charge is 0.507 e. The molecule has 8 aromatic rings. The average molecular weight is 1250 g/mol. The molecule has 0 saturated heterocycles. The number of hydrogen-bond donors (Lipinski definition) is 4. The molecule has 8 aromatic carbocycles. The van der Waals surface area contributed by atoms with E-state index in [1.807, 2.05) is 97.1 Å². The van der Waals surface area contributed by atoms with Crippen molar-refractivity contribution in [1.29, 1.82) is 21.0 Å². The van der Waals surface area contributed by atoms with Crippen molar-refractivity contribution in [2.45, 2.75) is 25.7 Å². The van der Waals surface area contributed by atoms with Crippen molar-refractivity contribution in [3.63, 3.8) is 0 Å². The zero-order valence-corrected chi connectivity index (χ0v) is 46.4. The van der Waals surface area contributed by atoms with Crippen LogP contribution in [0.2, 0.25) is 0 Å². The van der Waals surface area contributed by atoms with Crippen LogP contribution in [0.25, 0.3) is 46.6 Å². The van der Waals surface area contributed by atoms with Crippen LogP contribution in [0.5, 0.6) is 23.0 Å². The van der Waals surface area contributed by atoms with Crippen LogP contribution in [0.4, 0.5) is 0 Å². The van der Waals surface area contributed by atoms with E-state index in [0.29, 0.717) is 66.8 Å². The maximum absolute atomic E-state index is 12.5. The molecule has 8 nitrogen and oxygen atoms in total. The molecule has 0 fully saturated rings. The fourth-order valence-corrected chi connectivity index (χ4v) is 11.0. The number of nitrogens with zero attached hydrogens (tertiary/aromatic N) is 4. The van der Waals surface area contributed by atoms with Crippen LogP contribution in [0.15, 0.2) is 163 Å². The quantitative estimate of drug-likeness (QED) is 0.0858. The van der Waals surface area contributed by atoms with Crippen LogP contribution in [0, 0.1) is 45.3 Å². The molecule has 0 heterocycles. The zero-order valence-electron chi connectivity index (χ0n) is 40.1. The summed E-state index contributed by atoms with van der Waals surface area (Å²) in [7, 11) is 0. The molecular formula is C64H40Br4N4O4. The van der Waals surface area contributed by atoms with Crippen LogP contribution >= 0.6 is 63.7 Å². The first-order valence-electron chi connectivity index (χ1n) is 23.6. The number of hydrogen-bond acceptors (Lipinski definition) is 8. The van der Waals surface area contributed by atoms with Gasteiger partial charge in [0.05, 0.1) is 46.6 Å². The van der Waals surface area contributed by atoms with Crippen molar-refractivity contribution in [3.05, 3.63) is 252 Å². The normalized spacial score (nSPS) is 12.7. The van der Waals surface area contributed by atoms with Crippen molar-refractivity contribution in [3.8, 4) is 47.3 Å². The molecule has 368 valence electrons. The molecule has 76 heavy (non-hydrogen) atoms. The van der Waals surface area contributed by atoms with E-state index in [-0.39, 0.29) is 71.0 Å². The second kappa shape index (κ2) is 23.1. The van der Waals surface area contributed by atoms with Crippen molar-refractivity contribution >= 4 is 110 Å². The minimum Gasteiger partial charge on any atom is -0.507 e. The Balaban J connectivity index is 1.34. The molecule has 0 radical (unpaired) electrons. The first-order valence-corrected chi connectivity index (χ1v) is 26.8. The smallest absolute Gasteiger partial charge is 0.122 e. The summed E-state index contributed by atoms with van der Waals surface area (Å²) in [6.07, 6.45) is 6.56. The van der Waals surface area contributed by atoms with E-state index < -0.39 is 0 Å². The lowest BCUT2D eigenvalue weighted by Gasteiger charge is -2.20. The lowest BCUT2D eigenvalue weighted by atomic mass is 9.86. The Labute approximate surface area is 473 Å². The third kappa shape index (κ3) is 12.0. The van der Waals surface area contributed by atoms with Gasteiger partial charge in [-0.05, 0) is 210 Å². The highest BCUT2D eigenvalue weighted by atomic mass is 79.9. The van der Waals surface area contributed by atoms with Gasteiger partial charge in [0.2, 0.25) is 0 Å². The predicted octanol–water partition coefficient (Wildman–Crippen LogP) is 16.5. The zero-order chi connectivity index (χ0) is 53.6. The van der Waals surface area contributed by atoms with Gasteiger partial charge in [0, 0.05) is 43.6 Å². The second-order valence-electron chi connectivity index (χ2n) is 18.2. The highest BCUT2D eigenvalue weighted by molar-refractivity contribution is 9.11. The van der Waals surface area contributed by atoms with E-state index >= 15 is 0 Å². The van der Waals surface area contributed by atoms with Gasteiger partial charge in [0.25, 0.3) is 0 Å². The van der Waals surface area contributed by atoms with Crippen molar-refractivity contribution in [2.24, 2.45) is 0 Å². The van der Waals surface area contributed by atoms with E-state index in [1.54, 1.807) is 72.8 Å². The van der Waals surface area contributed by atoms with E-state index in [9.17, 15) is 41.5 Å². The minimum absolute atomic E-state index is 0.0962. The maximum Gasteiger partial charge on any atom is 0.122 e.